The zero-order valence-corrected chi connectivity index (χ0v) is 16.7. The van der Waals surface area contributed by atoms with Crippen molar-refractivity contribution in [1.82, 2.24) is 0 Å². The molecule has 4 aromatic carbocycles. The molecule has 0 radical (unpaired) electrons. The van der Waals surface area contributed by atoms with Crippen LogP contribution in [0.25, 0.3) is 44.6 Å². The predicted molar refractivity (Wildman–Crippen MR) is 128 cm³/mol. The van der Waals surface area contributed by atoms with E-state index in [1.54, 1.807) is 0 Å². The molecule has 3 heterocycles. The zero-order chi connectivity index (χ0) is 20.4. The maximum atomic E-state index is 6.52. The first-order valence-electron chi connectivity index (χ1n) is 10.6. The highest BCUT2D eigenvalue weighted by atomic mass is 16.3. The molecule has 0 saturated carbocycles. The topological polar surface area (TPSA) is 26.3 Å². The summed E-state index contributed by atoms with van der Waals surface area (Å²) in [5, 5.41) is 2.30. The van der Waals surface area contributed by atoms with Gasteiger partial charge < -0.3 is 8.83 Å². The van der Waals surface area contributed by atoms with Crippen LogP contribution < -0.4 is 16.4 Å². The summed E-state index contributed by atoms with van der Waals surface area (Å²) in [6.45, 7) is 0.00546. The van der Waals surface area contributed by atoms with Crippen molar-refractivity contribution in [3.63, 3.8) is 0 Å². The molecule has 0 N–H and O–H groups in total. The summed E-state index contributed by atoms with van der Waals surface area (Å²) in [6.07, 6.45) is 0. The summed E-state index contributed by atoms with van der Waals surface area (Å²) in [5.41, 5.74) is 7.63. The highest BCUT2D eigenvalue weighted by molar-refractivity contribution is 7.00. The molecule has 0 fully saturated rings. The molecule has 144 valence electrons. The van der Waals surface area contributed by atoms with Crippen LogP contribution in [-0.2, 0) is 0 Å². The molecule has 1 aliphatic rings. The Hall–Kier alpha value is -3.98. The van der Waals surface area contributed by atoms with E-state index in [4.69, 9.17) is 8.83 Å². The minimum atomic E-state index is 0.00546. The molecule has 2 aromatic heterocycles. The van der Waals surface area contributed by atoms with E-state index in [-0.39, 0.29) is 6.71 Å². The van der Waals surface area contributed by atoms with E-state index in [0.717, 1.165) is 44.6 Å². The van der Waals surface area contributed by atoms with Crippen molar-refractivity contribution in [3.8, 4) is 22.6 Å². The highest BCUT2D eigenvalue weighted by Gasteiger charge is 2.38. The summed E-state index contributed by atoms with van der Waals surface area (Å²) < 4.78 is 13.0. The minimum Gasteiger partial charge on any atom is -0.457 e. The number of benzene rings is 4. The van der Waals surface area contributed by atoms with Crippen molar-refractivity contribution >= 4 is 45.0 Å². The lowest BCUT2D eigenvalue weighted by atomic mass is 9.36. The van der Waals surface area contributed by atoms with Crippen LogP contribution >= 0.6 is 0 Å². The largest absolute Gasteiger partial charge is 0.457 e. The summed E-state index contributed by atoms with van der Waals surface area (Å²) in [5.74, 6) is 1.86. The van der Waals surface area contributed by atoms with Crippen LogP contribution in [0, 0.1) is 0 Å². The second-order valence-corrected chi connectivity index (χ2v) is 8.07. The molecule has 0 unspecified atom stereocenters. The van der Waals surface area contributed by atoms with E-state index in [2.05, 4.69) is 91.0 Å². The third kappa shape index (κ3) is 2.29. The normalized spacial score (nSPS) is 12.5. The average Bonchev–Trinajstić information content (AvgIpc) is 3.37. The first-order valence-corrected chi connectivity index (χ1v) is 10.6. The monoisotopic (exact) mass is 396 g/mol. The number of hydrogen-bond donors (Lipinski definition) is 0. The van der Waals surface area contributed by atoms with Gasteiger partial charge in [0.2, 0.25) is 0 Å². The summed E-state index contributed by atoms with van der Waals surface area (Å²) in [7, 11) is 0. The number of fused-ring (bicyclic) bond motifs is 9. The zero-order valence-electron chi connectivity index (χ0n) is 16.7. The lowest BCUT2D eigenvalue weighted by Crippen LogP contribution is -2.52. The van der Waals surface area contributed by atoms with Crippen LogP contribution in [0.1, 0.15) is 0 Å². The van der Waals surface area contributed by atoms with Crippen molar-refractivity contribution in [2.24, 2.45) is 0 Å². The fourth-order valence-corrected chi connectivity index (χ4v) is 5.11. The smallest absolute Gasteiger partial charge is 0.252 e. The van der Waals surface area contributed by atoms with Gasteiger partial charge in [-0.3, -0.25) is 0 Å². The fourth-order valence-electron chi connectivity index (χ4n) is 5.11. The number of hydrogen-bond acceptors (Lipinski definition) is 2. The third-order valence-corrected chi connectivity index (χ3v) is 6.39. The van der Waals surface area contributed by atoms with Crippen LogP contribution in [0.4, 0.5) is 0 Å². The van der Waals surface area contributed by atoms with Gasteiger partial charge in [0.1, 0.15) is 22.7 Å². The first kappa shape index (κ1) is 16.8. The first-order chi connectivity index (χ1) is 15.4. The van der Waals surface area contributed by atoms with Crippen LogP contribution in [0.5, 0.6) is 0 Å². The molecule has 7 rings (SSSR count). The molecular formula is C28H17BO2. The van der Waals surface area contributed by atoms with Gasteiger partial charge in [-0.05, 0) is 23.1 Å². The molecule has 2 nitrogen and oxygen atoms in total. The average molecular weight is 396 g/mol. The second-order valence-electron chi connectivity index (χ2n) is 8.07. The molecule has 0 atom stereocenters. The number of para-hydroxylation sites is 2. The number of furan rings is 2. The van der Waals surface area contributed by atoms with Crippen molar-refractivity contribution in [3.05, 3.63) is 103 Å². The molecule has 0 amide bonds. The molecule has 1 aliphatic heterocycles. The van der Waals surface area contributed by atoms with Gasteiger partial charge in [-0.15, -0.1) is 0 Å². The van der Waals surface area contributed by atoms with E-state index in [9.17, 15) is 0 Å². The van der Waals surface area contributed by atoms with E-state index in [0.29, 0.717) is 0 Å². The summed E-state index contributed by atoms with van der Waals surface area (Å²) in [6, 6.07) is 35.8. The Morgan fingerprint density at radius 2 is 0.903 bits per heavy atom. The maximum Gasteiger partial charge on any atom is 0.252 e. The van der Waals surface area contributed by atoms with Gasteiger partial charge in [0.05, 0.1) is 0 Å². The SMILES string of the molecule is c1ccc(B2c3c(oc4ccccc34)-c3ccccc3-c3oc4ccccc4c32)cc1. The molecule has 3 heteroatoms. The molecule has 0 aliphatic carbocycles. The van der Waals surface area contributed by atoms with Gasteiger partial charge in [-0.1, -0.05) is 96.5 Å². The van der Waals surface area contributed by atoms with Gasteiger partial charge >= 0.3 is 0 Å². The molecule has 6 aromatic rings. The van der Waals surface area contributed by atoms with Gasteiger partial charge in [-0.25, -0.2) is 0 Å². The summed E-state index contributed by atoms with van der Waals surface area (Å²) in [4.78, 5) is 0. The fraction of sp³-hybridized carbons (Fsp3) is 0. The van der Waals surface area contributed by atoms with E-state index in [1.807, 2.05) is 12.1 Å². The minimum absolute atomic E-state index is 0.00546. The van der Waals surface area contributed by atoms with Gasteiger partial charge in [0, 0.05) is 21.9 Å². The Labute approximate surface area is 179 Å². The Morgan fingerprint density at radius 1 is 0.452 bits per heavy atom. The van der Waals surface area contributed by atoms with Crippen molar-refractivity contribution in [1.29, 1.82) is 0 Å². The van der Waals surface area contributed by atoms with Crippen LogP contribution in [0.15, 0.2) is 112 Å². The van der Waals surface area contributed by atoms with Gasteiger partial charge in [-0.2, -0.15) is 0 Å². The number of rotatable bonds is 1. The lowest BCUT2D eigenvalue weighted by molar-refractivity contribution is 0.627. The van der Waals surface area contributed by atoms with Crippen LogP contribution in [0.2, 0.25) is 0 Å². The van der Waals surface area contributed by atoms with E-state index in [1.165, 1.54) is 16.4 Å². The van der Waals surface area contributed by atoms with E-state index < -0.39 is 0 Å². The van der Waals surface area contributed by atoms with Gasteiger partial charge in [0.25, 0.3) is 6.71 Å². The highest BCUT2D eigenvalue weighted by Crippen LogP contribution is 2.39. The van der Waals surface area contributed by atoms with Crippen LogP contribution in [-0.4, -0.2) is 6.71 Å². The van der Waals surface area contributed by atoms with Gasteiger partial charge in [0.15, 0.2) is 0 Å². The molecule has 31 heavy (non-hydrogen) atoms. The standard InChI is InChI=1S/C28H17BO2/c1-2-10-18(11-3-1)29-25-21-14-6-8-16-23(21)30-27(25)19-12-4-5-13-20(19)28-26(29)22-15-7-9-17-24(22)31-28/h1-17H. The molecule has 0 bridgehead atoms. The Kier molecular flexibility index (Phi) is 3.39. The second kappa shape index (κ2) is 6.26. The van der Waals surface area contributed by atoms with Crippen molar-refractivity contribution < 1.29 is 8.83 Å². The Balaban J connectivity index is 1.73. The predicted octanol–water partition coefficient (Wildman–Crippen LogP) is 5.34. The Morgan fingerprint density at radius 3 is 1.45 bits per heavy atom. The summed E-state index contributed by atoms with van der Waals surface area (Å²) >= 11 is 0. The van der Waals surface area contributed by atoms with Crippen molar-refractivity contribution in [2.45, 2.75) is 0 Å². The third-order valence-electron chi connectivity index (χ3n) is 6.39. The van der Waals surface area contributed by atoms with Crippen molar-refractivity contribution in [2.75, 3.05) is 0 Å². The quantitative estimate of drug-likeness (QED) is 0.350. The van der Waals surface area contributed by atoms with E-state index >= 15 is 0 Å². The lowest BCUT2D eigenvalue weighted by Gasteiger charge is -2.14. The van der Waals surface area contributed by atoms with Crippen LogP contribution in [0.3, 0.4) is 0 Å². The molecule has 0 spiro atoms. The Bertz CT molecular complexity index is 1490. The molecular weight excluding hydrogens is 379 g/mol. The molecule has 0 saturated heterocycles. The maximum absolute atomic E-state index is 6.52.